The molecule has 22 heavy (non-hydrogen) atoms. The minimum Gasteiger partial charge on any atom is -0.343 e. The van der Waals surface area contributed by atoms with E-state index in [4.69, 9.17) is 0 Å². The quantitative estimate of drug-likeness (QED) is 0.928. The standard InChI is InChI=1S/C17H23N3O2/c1-12-4-7-18-15(10-12)19-17(22)14-5-8-20(9-6-14)16(21)11-13-2-3-13/h4,7,10,13-14H,2-3,5-6,8-9,11H2,1H3,(H,18,19,22). The molecule has 0 aromatic carbocycles. The summed E-state index contributed by atoms with van der Waals surface area (Å²) >= 11 is 0. The van der Waals surface area contributed by atoms with Gasteiger partial charge in [0.2, 0.25) is 11.8 Å². The maximum atomic E-state index is 12.3. The van der Waals surface area contributed by atoms with Crippen molar-refractivity contribution in [3.05, 3.63) is 23.9 Å². The second kappa shape index (κ2) is 6.46. The highest BCUT2D eigenvalue weighted by atomic mass is 16.2. The molecule has 1 saturated heterocycles. The Labute approximate surface area is 131 Å². The number of pyridine rings is 1. The van der Waals surface area contributed by atoms with Crippen LogP contribution in [0.25, 0.3) is 0 Å². The molecule has 0 bridgehead atoms. The highest BCUT2D eigenvalue weighted by Gasteiger charge is 2.31. The average Bonchev–Trinajstić information content (AvgIpc) is 3.31. The molecule has 118 valence electrons. The Bertz CT molecular complexity index is 561. The number of hydrogen-bond donors (Lipinski definition) is 1. The van der Waals surface area contributed by atoms with E-state index < -0.39 is 0 Å². The van der Waals surface area contributed by atoms with Crippen molar-refractivity contribution in [3.63, 3.8) is 0 Å². The lowest BCUT2D eigenvalue weighted by atomic mass is 9.95. The Morgan fingerprint density at radius 2 is 2.00 bits per heavy atom. The van der Waals surface area contributed by atoms with Gasteiger partial charge in [-0.15, -0.1) is 0 Å². The van der Waals surface area contributed by atoms with Crippen LogP contribution >= 0.6 is 0 Å². The largest absolute Gasteiger partial charge is 0.343 e. The first-order valence-corrected chi connectivity index (χ1v) is 8.13. The molecule has 0 unspecified atom stereocenters. The Kier molecular flexibility index (Phi) is 4.41. The molecule has 1 N–H and O–H groups in total. The Balaban J connectivity index is 1.48. The first-order chi connectivity index (χ1) is 10.6. The van der Waals surface area contributed by atoms with Crippen molar-refractivity contribution in [3.8, 4) is 0 Å². The molecule has 1 aromatic rings. The van der Waals surface area contributed by atoms with Gasteiger partial charge in [0.15, 0.2) is 0 Å². The van der Waals surface area contributed by atoms with Gasteiger partial charge in [-0.05, 0) is 56.2 Å². The lowest BCUT2D eigenvalue weighted by Crippen LogP contribution is -2.41. The number of nitrogens with one attached hydrogen (secondary N) is 1. The van der Waals surface area contributed by atoms with Crippen LogP contribution < -0.4 is 5.32 Å². The first-order valence-electron chi connectivity index (χ1n) is 8.13. The molecule has 5 heteroatoms. The van der Waals surface area contributed by atoms with Crippen LogP contribution in [0.1, 0.15) is 37.7 Å². The van der Waals surface area contributed by atoms with Gasteiger partial charge in [0.1, 0.15) is 5.82 Å². The Morgan fingerprint density at radius 1 is 1.27 bits per heavy atom. The summed E-state index contributed by atoms with van der Waals surface area (Å²) in [5.41, 5.74) is 1.07. The van der Waals surface area contributed by atoms with Crippen molar-refractivity contribution < 1.29 is 9.59 Å². The molecule has 0 radical (unpaired) electrons. The number of nitrogens with zero attached hydrogens (tertiary/aromatic N) is 2. The summed E-state index contributed by atoms with van der Waals surface area (Å²) in [6.45, 7) is 3.37. The van der Waals surface area contributed by atoms with Crippen LogP contribution in [0.3, 0.4) is 0 Å². The first kappa shape index (κ1) is 15.0. The van der Waals surface area contributed by atoms with Crippen molar-refractivity contribution >= 4 is 17.6 Å². The third-order valence-corrected chi connectivity index (χ3v) is 4.55. The molecule has 2 heterocycles. The van der Waals surface area contributed by atoms with Crippen LogP contribution in [0.5, 0.6) is 0 Å². The summed E-state index contributed by atoms with van der Waals surface area (Å²) in [6.07, 6.45) is 6.29. The van der Waals surface area contributed by atoms with Gasteiger partial charge in [0.25, 0.3) is 0 Å². The van der Waals surface area contributed by atoms with E-state index in [1.54, 1.807) is 6.20 Å². The van der Waals surface area contributed by atoms with Crippen molar-refractivity contribution in [2.75, 3.05) is 18.4 Å². The van der Waals surface area contributed by atoms with E-state index in [0.717, 1.165) is 18.4 Å². The smallest absolute Gasteiger partial charge is 0.228 e. The molecule has 3 rings (SSSR count). The fourth-order valence-electron chi connectivity index (χ4n) is 2.92. The summed E-state index contributed by atoms with van der Waals surface area (Å²) in [5, 5.41) is 2.89. The third-order valence-electron chi connectivity index (χ3n) is 4.55. The van der Waals surface area contributed by atoms with E-state index >= 15 is 0 Å². The van der Waals surface area contributed by atoms with Crippen LogP contribution in [-0.2, 0) is 9.59 Å². The molecule has 2 amide bonds. The molecule has 1 saturated carbocycles. The Morgan fingerprint density at radius 3 is 2.64 bits per heavy atom. The zero-order valence-corrected chi connectivity index (χ0v) is 13.0. The fourth-order valence-corrected chi connectivity index (χ4v) is 2.92. The van der Waals surface area contributed by atoms with Crippen LogP contribution in [-0.4, -0.2) is 34.8 Å². The van der Waals surface area contributed by atoms with Gasteiger partial charge in [0, 0.05) is 31.6 Å². The number of rotatable bonds is 4. The minimum atomic E-state index is -0.0210. The summed E-state index contributed by atoms with van der Waals surface area (Å²) in [6, 6.07) is 3.77. The van der Waals surface area contributed by atoms with E-state index in [1.165, 1.54) is 12.8 Å². The predicted molar refractivity (Wildman–Crippen MR) is 84.2 cm³/mol. The second-order valence-electron chi connectivity index (χ2n) is 6.51. The van der Waals surface area contributed by atoms with Crippen molar-refractivity contribution in [2.45, 2.75) is 39.0 Å². The van der Waals surface area contributed by atoms with E-state index in [1.807, 2.05) is 24.0 Å². The van der Waals surface area contributed by atoms with Gasteiger partial charge in [-0.1, -0.05) is 0 Å². The molecule has 1 aliphatic carbocycles. The normalized spacial score (nSPS) is 19.0. The number of carbonyl (C=O) groups is 2. The summed E-state index contributed by atoms with van der Waals surface area (Å²) in [7, 11) is 0. The molecule has 2 aliphatic rings. The molecule has 1 aromatic heterocycles. The maximum absolute atomic E-state index is 12.3. The number of likely N-dealkylation sites (tertiary alicyclic amines) is 1. The number of piperidine rings is 1. The number of amides is 2. The van der Waals surface area contributed by atoms with E-state index in [0.29, 0.717) is 31.2 Å². The SMILES string of the molecule is Cc1ccnc(NC(=O)C2CCN(C(=O)CC3CC3)CC2)c1. The van der Waals surface area contributed by atoms with Crippen LogP contribution in [0, 0.1) is 18.8 Å². The molecule has 1 aliphatic heterocycles. The molecule has 0 atom stereocenters. The van der Waals surface area contributed by atoms with E-state index in [2.05, 4.69) is 10.3 Å². The fraction of sp³-hybridized carbons (Fsp3) is 0.588. The lowest BCUT2D eigenvalue weighted by molar-refractivity contribution is -0.134. The van der Waals surface area contributed by atoms with Crippen LogP contribution in [0.2, 0.25) is 0 Å². The average molecular weight is 301 g/mol. The highest BCUT2D eigenvalue weighted by molar-refractivity contribution is 5.92. The van der Waals surface area contributed by atoms with Crippen molar-refractivity contribution in [2.24, 2.45) is 11.8 Å². The molecular formula is C17H23N3O2. The number of aromatic nitrogens is 1. The van der Waals surface area contributed by atoms with Crippen LogP contribution in [0.4, 0.5) is 5.82 Å². The molecule has 0 spiro atoms. The third kappa shape index (κ3) is 3.84. The zero-order valence-electron chi connectivity index (χ0n) is 13.0. The molecule has 2 fully saturated rings. The number of anilines is 1. The van der Waals surface area contributed by atoms with Crippen molar-refractivity contribution in [1.29, 1.82) is 0 Å². The summed E-state index contributed by atoms with van der Waals surface area (Å²) < 4.78 is 0. The zero-order chi connectivity index (χ0) is 15.5. The van der Waals surface area contributed by atoms with Crippen LogP contribution in [0.15, 0.2) is 18.3 Å². The summed E-state index contributed by atoms with van der Waals surface area (Å²) in [5.74, 6) is 1.50. The molecule has 5 nitrogen and oxygen atoms in total. The number of hydrogen-bond acceptors (Lipinski definition) is 3. The number of aryl methyl sites for hydroxylation is 1. The lowest BCUT2D eigenvalue weighted by Gasteiger charge is -2.31. The minimum absolute atomic E-state index is 0.0207. The second-order valence-corrected chi connectivity index (χ2v) is 6.51. The molecular weight excluding hydrogens is 278 g/mol. The predicted octanol–water partition coefficient (Wildman–Crippen LogP) is 2.37. The van der Waals surface area contributed by atoms with Gasteiger partial charge in [-0.3, -0.25) is 9.59 Å². The van der Waals surface area contributed by atoms with E-state index in [9.17, 15) is 9.59 Å². The summed E-state index contributed by atoms with van der Waals surface area (Å²) in [4.78, 5) is 30.4. The van der Waals surface area contributed by atoms with E-state index in [-0.39, 0.29) is 17.7 Å². The Hall–Kier alpha value is -1.91. The van der Waals surface area contributed by atoms with Gasteiger partial charge >= 0.3 is 0 Å². The number of carbonyl (C=O) groups excluding carboxylic acids is 2. The highest BCUT2D eigenvalue weighted by Crippen LogP contribution is 2.33. The van der Waals surface area contributed by atoms with Gasteiger partial charge in [-0.2, -0.15) is 0 Å². The van der Waals surface area contributed by atoms with Crippen molar-refractivity contribution in [1.82, 2.24) is 9.88 Å². The maximum Gasteiger partial charge on any atom is 0.228 e. The van der Waals surface area contributed by atoms with Gasteiger partial charge in [0.05, 0.1) is 0 Å². The monoisotopic (exact) mass is 301 g/mol. The topological polar surface area (TPSA) is 62.3 Å². The van der Waals surface area contributed by atoms with Gasteiger partial charge in [-0.25, -0.2) is 4.98 Å². The van der Waals surface area contributed by atoms with Gasteiger partial charge < -0.3 is 10.2 Å².